The molecule has 0 radical (unpaired) electrons. The topological polar surface area (TPSA) is 83.2 Å². The number of hydrogen-bond acceptors (Lipinski definition) is 5. The van der Waals surface area contributed by atoms with E-state index in [2.05, 4.69) is 11.1 Å². The molecule has 1 heterocycles. The molecule has 1 aromatic heterocycles. The number of carboxylic acids is 1. The second-order valence-electron chi connectivity index (χ2n) is 5.37. The average Bonchev–Trinajstić information content (AvgIpc) is 3.15. The standard InChI is InChI=1S/C20H14N2O3S/c21-11-15-4-1-5-16(9-15)13-25-17-6-2-3-14(10-17)7-8-19-22-12-18(26-19)20(23)24/h1-10,12H,13H2,(H,23,24)/b8-7+. The van der Waals surface area contributed by atoms with Gasteiger partial charge in [0.25, 0.3) is 0 Å². The lowest BCUT2D eigenvalue weighted by atomic mass is 10.1. The first-order valence-corrected chi connectivity index (χ1v) is 8.55. The van der Waals surface area contributed by atoms with Gasteiger partial charge in [-0.15, -0.1) is 11.3 Å². The normalized spacial score (nSPS) is 10.6. The van der Waals surface area contributed by atoms with Crippen LogP contribution in [0, 0.1) is 11.3 Å². The van der Waals surface area contributed by atoms with Crippen molar-refractivity contribution in [1.29, 1.82) is 5.26 Å². The maximum absolute atomic E-state index is 10.9. The Morgan fingerprint density at radius 3 is 2.85 bits per heavy atom. The third-order valence-electron chi connectivity index (χ3n) is 3.47. The summed E-state index contributed by atoms with van der Waals surface area (Å²) >= 11 is 1.12. The van der Waals surface area contributed by atoms with Crippen LogP contribution in [-0.2, 0) is 6.61 Å². The summed E-state index contributed by atoms with van der Waals surface area (Å²) in [4.78, 5) is 15.1. The van der Waals surface area contributed by atoms with Crippen molar-refractivity contribution < 1.29 is 14.6 Å². The van der Waals surface area contributed by atoms with Crippen LogP contribution >= 0.6 is 11.3 Å². The largest absolute Gasteiger partial charge is 0.489 e. The molecule has 26 heavy (non-hydrogen) atoms. The lowest BCUT2D eigenvalue weighted by Crippen LogP contribution is -1.95. The SMILES string of the molecule is N#Cc1cccc(COc2cccc(/C=C/c3ncc(C(=O)O)s3)c2)c1. The molecular weight excluding hydrogens is 348 g/mol. The number of hydrogen-bond donors (Lipinski definition) is 1. The Balaban J connectivity index is 1.66. The van der Waals surface area contributed by atoms with Crippen LogP contribution in [-0.4, -0.2) is 16.1 Å². The third kappa shape index (κ3) is 4.56. The minimum atomic E-state index is -0.974. The van der Waals surface area contributed by atoms with Crippen molar-refractivity contribution in [3.63, 3.8) is 0 Å². The zero-order valence-corrected chi connectivity index (χ0v) is 14.4. The van der Waals surface area contributed by atoms with E-state index in [1.54, 1.807) is 18.2 Å². The van der Waals surface area contributed by atoms with E-state index in [0.717, 1.165) is 22.5 Å². The molecule has 1 N–H and O–H groups in total. The molecule has 5 nitrogen and oxygen atoms in total. The summed E-state index contributed by atoms with van der Waals surface area (Å²) in [6.07, 6.45) is 4.97. The van der Waals surface area contributed by atoms with E-state index >= 15 is 0 Å². The predicted octanol–water partition coefficient (Wildman–Crippen LogP) is 4.46. The number of thiazole rings is 1. The fraction of sp³-hybridized carbons (Fsp3) is 0.0500. The Labute approximate surface area is 154 Å². The van der Waals surface area contributed by atoms with Crippen LogP contribution in [0.5, 0.6) is 5.75 Å². The van der Waals surface area contributed by atoms with Crippen molar-refractivity contribution in [2.24, 2.45) is 0 Å². The Morgan fingerprint density at radius 1 is 1.23 bits per heavy atom. The van der Waals surface area contributed by atoms with E-state index in [4.69, 9.17) is 15.1 Å². The van der Waals surface area contributed by atoms with Gasteiger partial charge in [0.15, 0.2) is 0 Å². The van der Waals surface area contributed by atoms with Crippen molar-refractivity contribution in [2.75, 3.05) is 0 Å². The molecule has 128 valence electrons. The molecular formula is C20H14N2O3S. The summed E-state index contributed by atoms with van der Waals surface area (Å²) in [5.41, 5.74) is 2.45. The highest BCUT2D eigenvalue weighted by molar-refractivity contribution is 7.14. The average molecular weight is 362 g/mol. The summed E-state index contributed by atoms with van der Waals surface area (Å²) < 4.78 is 5.79. The molecule has 0 aliphatic heterocycles. The smallest absolute Gasteiger partial charge is 0.347 e. The molecule has 0 saturated heterocycles. The molecule has 3 aromatic rings. The van der Waals surface area contributed by atoms with Gasteiger partial charge in [-0.1, -0.05) is 30.3 Å². The fourth-order valence-corrected chi connectivity index (χ4v) is 2.90. The minimum absolute atomic E-state index is 0.210. The summed E-state index contributed by atoms with van der Waals surface area (Å²) in [7, 11) is 0. The van der Waals surface area contributed by atoms with Crippen LogP contribution in [0.3, 0.4) is 0 Å². The number of nitriles is 1. The molecule has 6 heteroatoms. The van der Waals surface area contributed by atoms with Gasteiger partial charge in [0, 0.05) is 0 Å². The highest BCUT2D eigenvalue weighted by Crippen LogP contribution is 2.19. The van der Waals surface area contributed by atoms with Gasteiger partial charge in [-0.2, -0.15) is 5.26 Å². The molecule has 0 aliphatic rings. The number of aromatic nitrogens is 1. The minimum Gasteiger partial charge on any atom is -0.489 e. The number of ether oxygens (including phenoxy) is 1. The van der Waals surface area contributed by atoms with Crippen LogP contribution < -0.4 is 4.74 Å². The highest BCUT2D eigenvalue weighted by atomic mass is 32.1. The van der Waals surface area contributed by atoms with Gasteiger partial charge >= 0.3 is 5.97 Å². The maximum atomic E-state index is 10.9. The van der Waals surface area contributed by atoms with Crippen molar-refractivity contribution in [2.45, 2.75) is 6.61 Å². The molecule has 3 rings (SSSR count). The molecule has 0 atom stereocenters. The van der Waals surface area contributed by atoms with Crippen molar-refractivity contribution in [1.82, 2.24) is 4.98 Å². The second kappa shape index (κ2) is 8.10. The molecule has 0 saturated carbocycles. The molecule has 2 aromatic carbocycles. The van der Waals surface area contributed by atoms with E-state index in [-0.39, 0.29) is 4.88 Å². The number of carbonyl (C=O) groups is 1. The fourth-order valence-electron chi connectivity index (χ4n) is 2.24. The first kappa shape index (κ1) is 17.4. The van der Waals surface area contributed by atoms with Crippen molar-refractivity contribution in [3.8, 4) is 11.8 Å². The number of nitrogens with zero attached hydrogens (tertiary/aromatic N) is 2. The number of rotatable bonds is 6. The van der Waals surface area contributed by atoms with Gasteiger partial charge in [0.2, 0.25) is 0 Å². The van der Waals surface area contributed by atoms with E-state index in [1.165, 1.54) is 6.20 Å². The Kier molecular flexibility index (Phi) is 5.42. The van der Waals surface area contributed by atoms with Gasteiger partial charge in [-0.25, -0.2) is 9.78 Å². The van der Waals surface area contributed by atoms with Gasteiger partial charge < -0.3 is 9.84 Å². The molecule has 0 spiro atoms. The monoisotopic (exact) mass is 362 g/mol. The van der Waals surface area contributed by atoms with Crippen LogP contribution in [0.1, 0.15) is 31.4 Å². The van der Waals surface area contributed by atoms with E-state index < -0.39 is 5.97 Å². The Hall–Kier alpha value is -3.43. The zero-order chi connectivity index (χ0) is 18.4. The van der Waals surface area contributed by atoms with Gasteiger partial charge in [0.05, 0.1) is 17.8 Å². The number of benzene rings is 2. The number of aromatic carboxylic acids is 1. The maximum Gasteiger partial charge on any atom is 0.347 e. The van der Waals surface area contributed by atoms with Crippen LogP contribution in [0.4, 0.5) is 0 Å². The molecule has 0 aliphatic carbocycles. The number of carboxylic acid groups (broad SMARTS) is 1. The summed E-state index contributed by atoms with van der Waals surface area (Å²) in [6.45, 7) is 0.372. The lowest BCUT2D eigenvalue weighted by molar-refractivity contribution is 0.0702. The summed E-state index contributed by atoms with van der Waals surface area (Å²) in [6, 6.07) is 16.9. The van der Waals surface area contributed by atoms with Crippen LogP contribution in [0.25, 0.3) is 12.2 Å². The first-order chi connectivity index (χ1) is 12.6. The van der Waals surface area contributed by atoms with Crippen LogP contribution in [0.2, 0.25) is 0 Å². The summed E-state index contributed by atoms with van der Waals surface area (Å²) in [5.74, 6) is -0.266. The van der Waals surface area contributed by atoms with Gasteiger partial charge in [-0.05, 0) is 41.5 Å². The quantitative estimate of drug-likeness (QED) is 0.700. The van der Waals surface area contributed by atoms with Crippen molar-refractivity contribution in [3.05, 3.63) is 81.3 Å². The Bertz CT molecular complexity index is 1000. The van der Waals surface area contributed by atoms with Crippen molar-refractivity contribution >= 4 is 29.5 Å². The Morgan fingerprint density at radius 2 is 2.08 bits per heavy atom. The molecule has 0 unspecified atom stereocenters. The van der Waals surface area contributed by atoms with Crippen LogP contribution in [0.15, 0.2) is 54.7 Å². The molecule has 0 bridgehead atoms. The lowest BCUT2D eigenvalue weighted by Gasteiger charge is -2.07. The second-order valence-corrected chi connectivity index (χ2v) is 6.44. The molecule has 0 fully saturated rings. The van der Waals surface area contributed by atoms with E-state index in [1.807, 2.05) is 42.5 Å². The summed E-state index contributed by atoms with van der Waals surface area (Å²) in [5, 5.41) is 18.5. The van der Waals surface area contributed by atoms with E-state index in [9.17, 15) is 4.79 Å². The predicted molar refractivity (Wildman–Crippen MR) is 99.9 cm³/mol. The van der Waals surface area contributed by atoms with E-state index in [0.29, 0.717) is 22.9 Å². The first-order valence-electron chi connectivity index (χ1n) is 7.73. The van der Waals surface area contributed by atoms with Gasteiger partial charge in [-0.3, -0.25) is 0 Å². The third-order valence-corrected chi connectivity index (χ3v) is 4.42. The zero-order valence-electron chi connectivity index (χ0n) is 13.6. The highest BCUT2D eigenvalue weighted by Gasteiger charge is 2.06. The molecule has 0 amide bonds. The van der Waals surface area contributed by atoms with Gasteiger partial charge in [0.1, 0.15) is 22.2 Å².